The van der Waals surface area contributed by atoms with Gasteiger partial charge in [-0.3, -0.25) is 0 Å². The third-order valence-corrected chi connectivity index (χ3v) is 4.59. The van der Waals surface area contributed by atoms with E-state index in [1.165, 1.54) is 22.9 Å². The van der Waals surface area contributed by atoms with Gasteiger partial charge in [0, 0.05) is 17.7 Å². The monoisotopic (exact) mass is 381 g/mol. The zero-order valence-electron chi connectivity index (χ0n) is 13.2. The highest BCUT2D eigenvalue weighted by Gasteiger charge is 2.32. The van der Waals surface area contributed by atoms with Gasteiger partial charge in [-0.05, 0) is 48.9 Å². The van der Waals surface area contributed by atoms with Crippen LogP contribution in [-0.4, -0.2) is 16.3 Å². The molecule has 0 saturated carbocycles. The van der Waals surface area contributed by atoms with Gasteiger partial charge in [0.05, 0.1) is 22.0 Å². The van der Waals surface area contributed by atoms with Crippen LogP contribution in [0.25, 0.3) is 16.9 Å². The van der Waals surface area contributed by atoms with Crippen LogP contribution in [0.5, 0.6) is 0 Å². The molecule has 0 bridgehead atoms. The van der Waals surface area contributed by atoms with Crippen LogP contribution < -0.4 is 5.32 Å². The molecule has 4 rings (SSSR count). The summed E-state index contributed by atoms with van der Waals surface area (Å²) in [6, 6.07) is 8.94. The smallest absolute Gasteiger partial charge is 0.369 e. The average molecular weight is 382 g/mol. The maximum Gasteiger partial charge on any atom is 0.416 e. The Hall–Kier alpha value is -2.54. The van der Waals surface area contributed by atoms with Crippen molar-refractivity contribution in [2.45, 2.75) is 12.6 Å². The molecule has 1 aromatic heterocycles. The first kappa shape index (κ1) is 16.9. The Labute approximate surface area is 151 Å². The number of nitrogens with zero attached hydrogens (tertiary/aromatic N) is 2. The van der Waals surface area contributed by atoms with Crippen molar-refractivity contribution < 1.29 is 17.6 Å². The lowest BCUT2D eigenvalue weighted by Gasteiger charge is -2.12. The molecule has 0 radical (unpaired) electrons. The number of benzene rings is 2. The van der Waals surface area contributed by atoms with E-state index in [1.54, 1.807) is 12.1 Å². The SMILES string of the molecule is Fc1ccc(-c2nn(-c3cc(C(F)(F)F)ccc3Cl)c3c2CCN3)cc1. The highest BCUT2D eigenvalue weighted by molar-refractivity contribution is 6.32. The summed E-state index contributed by atoms with van der Waals surface area (Å²) in [7, 11) is 0. The molecule has 0 aliphatic carbocycles. The zero-order chi connectivity index (χ0) is 18.5. The molecule has 1 N–H and O–H groups in total. The Kier molecular flexibility index (Phi) is 3.91. The molecule has 134 valence electrons. The molecule has 0 atom stereocenters. The second-order valence-corrected chi connectivity index (χ2v) is 6.34. The van der Waals surface area contributed by atoms with Gasteiger partial charge in [-0.2, -0.15) is 18.3 Å². The number of aromatic nitrogens is 2. The quantitative estimate of drug-likeness (QED) is 0.609. The minimum absolute atomic E-state index is 0.139. The number of alkyl halides is 3. The zero-order valence-corrected chi connectivity index (χ0v) is 14.0. The highest BCUT2D eigenvalue weighted by Crippen LogP contribution is 2.38. The van der Waals surface area contributed by atoms with E-state index in [0.717, 1.165) is 17.7 Å². The largest absolute Gasteiger partial charge is 0.416 e. The van der Waals surface area contributed by atoms with Gasteiger partial charge in [-0.1, -0.05) is 11.6 Å². The van der Waals surface area contributed by atoms with Gasteiger partial charge in [0.15, 0.2) is 0 Å². The van der Waals surface area contributed by atoms with E-state index in [1.807, 2.05) is 0 Å². The maximum atomic E-state index is 13.2. The van der Waals surface area contributed by atoms with Gasteiger partial charge in [-0.25, -0.2) is 9.07 Å². The van der Waals surface area contributed by atoms with Crippen LogP contribution in [0.2, 0.25) is 5.02 Å². The number of nitrogens with one attached hydrogen (secondary N) is 1. The van der Waals surface area contributed by atoms with Gasteiger partial charge in [0.1, 0.15) is 11.6 Å². The third kappa shape index (κ3) is 2.82. The summed E-state index contributed by atoms with van der Waals surface area (Å²) >= 11 is 6.15. The molecule has 2 aromatic carbocycles. The predicted octanol–water partition coefficient (Wildman–Crippen LogP) is 5.32. The van der Waals surface area contributed by atoms with Crippen LogP contribution in [-0.2, 0) is 12.6 Å². The number of anilines is 1. The summed E-state index contributed by atoms with van der Waals surface area (Å²) < 4.78 is 53.8. The average Bonchev–Trinajstić information content (AvgIpc) is 3.18. The van der Waals surface area contributed by atoms with Crippen LogP contribution in [0.3, 0.4) is 0 Å². The van der Waals surface area contributed by atoms with Crippen LogP contribution in [0.4, 0.5) is 23.4 Å². The summed E-state index contributed by atoms with van der Waals surface area (Å²) in [6.45, 7) is 0.637. The van der Waals surface area contributed by atoms with Crippen molar-refractivity contribution in [2.75, 3.05) is 11.9 Å². The number of hydrogen-bond donors (Lipinski definition) is 1. The van der Waals surface area contributed by atoms with E-state index in [2.05, 4.69) is 10.4 Å². The first-order valence-electron chi connectivity index (χ1n) is 7.83. The standard InChI is InChI=1S/C18H12ClF4N3/c19-14-6-3-11(18(21,22)23)9-15(14)26-17-13(7-8-24-17)16(25-26)10-1-4-12(20)5-2-10/h1-6,9,24H,7-8H2. The Morgan fingerprint density at radius 2 is 1.81 bits per heavy atom. The van der Waals surface area contributed by atoms with Crippen LogP contribution in [0.15, 0.2) is 42.5 Å². The molecular formula is C18H12ClF4N3. The lowest BCUT2D eigenvalue weighted by atomic mass is 10.1. The molecule has 1 aliphatic heterocycles. The Bertz CT molecular complexity index is 977. The number of fused-ring (bicyclic) bond motifs is 1. The summed E-state index contributed by atoms with van der Waals surface area (Å²) in [6.07, 6.45) is -3.82. The van der Waals surface area contributed by atoms with Crippen molar-refractivity contribution in [2.24, 2.45) is 0 Å². The molecule has 2 heterocycles. The van der Waals surface area contributed by atoms with Crippen LogP contribution in [0, 0.1) is 5.82 Å². The van der Waals surface area contributed by atoms with Crippen molar-refractivity contribution in [1.82, 2.24) is 9.78 Å². The fourth-order valence-electron chi connectivity index (χ4n) is 3.04. The van der Waals surface area contributed by atoms with Crippen molar-refractivity contribution in [3.63, 3.8) is 0 Å². The molecule has 0 amide bonds. The van der Waals surface area contributed by atoms with Crippen molar-refractivity contribution in [1.29, 1.82) is 0 Å². The molecule has 8 heteroatoms. The van der Waals surface area contributed by atoms with Crippen molar-refractivity contribution in [3.05, 3.63) is 64.4 Å². The number of halogens is 5. The van der Waals surface area contributed by atoms with Crippen LogP contribution in [0.1, 0.15) is 11.1 Å². The van der Waals surface area contributed by atoms with Crippen LogP contribution >= 0.6 is 11.6 Å². The second-order valence-electron chi connectivity index (χ2n) is 5.94. The van der Waals surface area contributed by atoms with E-state index in [4.69, 9.17) is 11.6 Å². The first-order valence-corrected chi connectivity index (χ1v) is 8.21. The molecule has 0 unspecified atom stereocenters. The third-order valence-electron chi connectivity index (χ3n) is 4.27. The topological polar surface area (TPSA) is 29.9 Å². The van der Waals surface area contributed by atoms with Gasteiger partial charge < -0.3 is 5.32 Å². The van der Waals surface area contributed by atoms with E-state index in [0.29, 0.717) is 30.0 Å². The fraction of sp³-hybridized carbons (Fsp3) is 0.167. The molecule has 3 aromatic rings. The van der Waals surface area contributed by atoms with Crippen molar-refractivity contribution >= 4 is 17.4 Å². The molecule has 26 heavy (non-hydrogen) atoms. The first-order chi connectivity index (χ1) is 12.3. The predicted molar refractivity (Wildman–Crippen MR) is 91.2 cm³/mol. The molecule has 3 nitrogen and oxygen atoms in total. The van der Waals surface area contributed by atoms with Gasteiger partial charge >= 0.3 is 6.18 Å². The van der Waals surface area contributed by atoms with E-state index >= 15 is 0 Å². The molecule has 1 aliphatic rings. The summed E-state index contributed by atoms with van der Waals surface area (Å²) in [5, 5.41) is 7.76. The minimum Gasteiger partial charge on any atom is -0.369 e. The molecule has 0 fully saturated rings. The second kappa shape index (κ2) is 6.02. The highest BCUT2D eigenvalue weighted by atomic mass is 35.5. The maximum absolute atomic E-state index is 13.2. The summed E-state index contributed by atoms with van der Waals surface area (Å²) in [4.78, 5) is 0. The molecule has 0 spiro atoms. The summed E-state index contributed by atoms with van der Waals surface area (Å²) in [5.74, 6) is 0.231. The fourth-order valence-corrected chi connectivity index (χ4v) is 3.24. The normalized spacial score (nSPS) is 13.6. The van der Waals surface area contributed by atoms with E-state index in [-0.39, 0.29) is 16.5 Å². The minimum atomic E-state index is -4.48. The Morgan fingerprint density at radius 3 is 2.50 bits per heavy atom. The van der Waals surface area contributed by atoms with Crippen molar-refractivity contribution in [3.8, 4) is 16.9 Å². The number of rotatable bonds is 2. The van der Waals surface area contributed by atoms with Gasteiger partial charge in [0.25, 0.3) is 0 Å². The lowest BCUT2D eigenvalue weighted by molar-refractivity contribution is -0.137. The van der Waals surface area contributed by atoms with Gasteiger partial charge in [-0.15, -0.1) is 0 Å². The number of hydrogen-bond acceptors (Lipinski definition) is 2. The van der Waals surface area contributed by atoms with E-state index < -0.39 is 11.7 Å². The Morgan fingerprint density at radius 1 is 1.08 bits per heavy atom. The lowest BCUT2D eigenvalue weighted by Crippen LogP contribution is -2.09. The summed E-state index contributed by atoms with van der Waals surface area (Å²) in [5.41, 5.74) is 1.49. The molecule has 0 saturated heterocycles. The van der Waals surface area contributed by atoms with Gasteiger partial charge in [0.2, 0.25) is 0 Å². The molecular weight excluding hydrogens is 370 g/mol. The van der Waals surface area contributed by atoms with E-state index in [9.17, 15) is 17.6 Å². The Balaban J connectivity index is 1.89.